The van der Waals surface area contributed by atoms with Crippen LogP contribution in [-0.2, 0) is 6.54 Å². The van der Waals surface area contributed by atoms with Gasteiger partial charge >= 0.3 is 0 Å². The molecule has 23 heavy (non-hydrogen) atoms. The second kappa shape index (κ2) is 10.9. The highest BCUT2D eigenvalue weighted by atomic mass is 127. The van der Waals surface area contributed by atoms with Crippen LogP contribution in [0.2, 0.25) is 0 Å². The number of nitrogens with zero attached hydrogens (tertiary/aromatic N) is 1. The van der Waals surface area contributed by atoms with Gasteiger partial charge in [-0.1, -0.05) is 0 Å². The van der Waals surface area contributed by atoms with Gasteiger partial charge in [0.15, 0.2) is 5.96 Å². The smallest absolute Gasteiger partial charge is 0.191 e. The van der Waals surface area contributed by atoms with Gasteiger partial charge < -0.3 is 20.5 Å². The Bertz CT molecular complexity index is 508. The van der Waals surface area contributed by atoms with E-state index in [1.165, 1.54) is 18.6 Å². The van der Waals surface area contributed by atoms with Crippen molar-refractivity contribution < 1.29 is 9.84 Å². The largest absolute Gasteiger partial charge is 0.508 e. The first-order valence-corrected chi connectivity index (χ1v) is 8.87. The maximum absolute atomic E-state index is 9.93. The lowest BCUT2D eigenvalue weighted by Gasteiger charge is -2.24. The number of rotatable bonds is 5. The van der Waals surface area contributed by atoms with Crippen molar-refractivity contribution in [2.45, 2.75) is 32.4 Å². The Morgan fingerprint density at radius 2 is 2.30 bits per heavy atom. The zero-order chi connectivity index (χ0) is 15.8. The van der Waals surface area contributed by atoms with Gasteiger partial charge in [-0.25, -0.2) is 4.99 Å². The molecular weight excluding hydrogens is 425 g/mol. The lowest BCUT2D eigenvalue weighted by Crippen LogP contribution is -2.45. The van der Waals surface area contributed by atoms with E-state index in [0.29, 0.717) is 12.6 Å². The summed E-state index contributed by atoms with van der Waals surface area (Å²) in [6.07, 6.45) is 2.43. The number of nitrogens with one attached hydrogen (secondary N) is 2. The third kappa shape index (κ3) is 6.66. The summed E-state index contributed by atoms with van der Waals surface area (Å²) in [5.41, 5.74) is 0.759. The lowest BCUT2D eigenvalue weighted by molar-refractivity contribution is 0.411. The van der Waals surface area contributed by atoms with Gasteiger partial charge in [0.2, 0.25) is 0 Å². The van der Waals surface area contributed by atoms with Gasteiger partial charge in [0.1, 0.15) is 11.5 Å². The monoisotopic (exact) mass is 451 g/mol. The predicted octanol–water partition coefficient (Wildman–Crippen LogP) is 2.97. The molecule has 1 fully saturated rings. The molecule has 130 valence electrons. The fourth-order valence-electron chi connectivity index (χ4n) is 2.35. The van der Waals surface area contributed by atoms with Gasteiger partial charge in [-0.2, -0.15) is 11.8 Å². The first-order chi connectivity index (χ1) is 10.7. The Morgan fingerprint density at radius 3 is 2.96 bits per heavy atom. The Hall–Kier alpha value is -0.830. The molecule has 1 aromatic carbocycles. The van der Waals surface area contributed by atoms with Crippen LogP contribution in [0.4, 0.5) is 0 Å². The van der Waals surface area contributed by atoms with Crippen molar-refractivity contribution in [2.75, 3.05) is 25.2 Å². The number of aromatic hydroxyl groups is 1. The van der Waals surface area contributed by atoms with Crippen LogP contribution in [0, 0.1) is 0 Å². The normalized spacial score (nSPS) is 18.0. The molecule has 0 aliphatic carbocycles. The number of methoxy groups -OCH3 is 1. The van der Waals surface area contributed by atoms with Gasteiger partial charge in [-0.3, -0.25) is 0 Å². The summed E-state index contributed by atoms with van der Waals surface area (Å²) in [6, 6.07) is 5.67. The van der Waals surface area contributed by atoms with E-state index in [1.54, 1.807) is 19.2 Å². The minimum atomic E-state index is 0. The minimum absolute atomic E-state index is 0. The molecule has 0 aromatic heterocycles. The van der Waals surface area contributed by atoms with Crippen LogP contribution < -0.4 is 15.4 Å². The summed E-state index contributed by atoms with van der Waals surface area (Å²) in [7, 11) is 1.62. The number of phenols is 1. The third-order valence-corrected chi connectivity index (χ3v) is 4.75. The van der Waals surface area contributed by atoms with Crippen LogP contribution in [0.15, 0.2) is 23.2 Å². The number of ether oxygens (including phenoxy) is 1. The molecule has 2 rings (SSSR count). The first-order valence-electron chi connectivity index (χ1n) is 7.71. The molecule has 1 saturated heterocycles. The van der Waals surface area contributed by atoms with Gasteiger partial charge in [0.05, 0.1) is 13.7 Å². The number of hydrogen-bond donors (Lipinski definition) is 3. The highest BCUT2D eigenvalue weighted by Crippen LogP contribution is 2.23. The number of hydrogen-bond acceptors (Lipinski definition) is 4. The average Bonchev–Trinajstić information content (AvgIpc) is 2.55. The molecular formula is C16H26IN3O2S. The van der Waals surface area contributed by atoms with E-state index in [4.69, 9.17) is 4.74 Å². The molecule has 0 radical (unpaired) electrons. The Balaban J connectivity index is 0.00000264. The average molecular weight is 451 g/mol. The molecule has 1 atom stereocenters. The van der Waals surface area contributed by atoms with Crippen LogP contribution in [0.1, 0.15) is 25.3 Å². The van der Waals surface area contributed by atoms with Crippen molar-refractivity contribution in [3.05, 3.63) is 23.8 Å². The van der Waals surface area contributed by atoms with Crippen LogP contribution in [0.5, 0.6) is 11.5 Å². The quantitative estimate of drug-likeness (QED) is 0.365. The molecule has 0 spiro atoms. The second-order valence-corrected chi connectivity index (χ2v) is 6.40. The van der Waals surface area contributed by atoms with E-state index in [-0.39, 0.29) is 29.7 Å². The highest BCUT2D eigenvalue weighted by Gasteiger charge is 2.14. The van der Waals surface area contributed by atoms with Crippen LogP contribution in [0.3, 0.4) is 0 Å². The summed E-state index contributed by atoms with van der Waals surface area (Å²) in [4.78, 5) is 4.58. The zero-order valence-corrected chi connectivity index (χ0v) is 16.8. The molecule has 1 unspecified atom stereocenters. The topological polar surface area (TPSA) is 65.9 Å². The molecule has 1 aliphatic rings. The maximum Gasteiger partial charge on any atom is 0.191 e. The lowest BCUT2D eigenvalue weighted by atomic mass is 10.2. The molecule has 7 heteroatoms. The van der Waals surface area contributed by atoms with Crippen molar-refractivity contribution in [3.63, 3.8) is 0 Å². The molecule has 0 amide bonds. The fourth-order valence-corrected chi connectivity index (χ4v) is 3.42. The molecule has 0 bridgehead atoms. The van der Waals surface area contributed by atoms with Crippen molar-refractivity contribution >= 4 is 41.7 Å². The summed E-state index contributed by atoms with van der Waals surface area (Å²) in [5, 5.41) is 16.7. The number of aliphatic imine (C=N–C) groups is 1. The predicted molar refractivity (Wildman–Crippen MR) is 108 cm³/mol. The van der Waals surface area contributed by atoms with Gasteiger partial charge in [-0.05, 0) is 43.7 Å². The number of benzene rings is 1. The molecule has 1 heterocycles. The van der Waals surface area contributed by atoms with E-state index >= 15 is 0 Å². The van der Waals surface area contributed by atoms with Crippen molar-refractivity contribution in [1.29, 1.82) is 0 Å². The highest BCUT2D eigenvalue weighted by molar-refractivity contribution is 14.0. The fraction of sp³-hybridized carbons (Fsp3) is 0.562. The van der Waals surface area contributed by atoms with Crippen LogP contribution >= 0.6 is 35.7 Å². The zero-order valence-electron chi connectivity index (χ0n) is 13.7. The van der Waals surface area contributed by atoms with Crippen molar-refractivity contribution in [3.8, 4) is 11.5 Å². The van der Waals surface area contributed by atoms with Gasteiger partial charge in [0.25, 0.3) is 0 Å². The van der Waals surface area contributed by atoms with Gasteiger partial charge in [0, 0.05) is 23.9 Å². The Kier molecular flexibility index (Phi) is 9.54. The number of phenolic OH excluding ortho intramolecular Hbond substituents is 1. The summed E-state index contributed by atoms with van der Waals surface area (Å²) in [6.45, 7) is 3.28. The van der Waals surface area contributed by atoms with E-state index in [0.717, 1.165) is 29.6 Å². The Morgan fingerprint density at radius 1 is 1.48 bits per heavy atom. The van der Waals surface area contributed by atoms with Crippen LogP contribution in [-0.4, -0.2) is 42.3 Å². The Labute approximate surface area is 159 Å². The van der Waals surface area contributed by atoms with E-state index in [9.17, 15) is 5.11 Å². The molecule has 0 saturated carbocycles. The molecule has 5 nitrogen and oxygen atoms in total. The number of thioether (sulfide) groups is 1. The molecule has 1 aromatic rings. The van der Waals surface area contributed by atoms with Crippen LogP contribution in [0.25, 0.3) is 0 Å². The van der Waals surface area contributed by atoms with Gasteiger partial charge in [-0.15, -0.1) is 24.0 Å². The number of halogens is 1. The summed E-state index contributed by atoms with van der Waals surface area (Å²) in [5.74, 6) is 4.15. The SMILES string of the molecule is CCNC(=NCc1cc(OC)ccc1O)NC1CCCSC1.I. The van der Waals surface area contributed by atoms with E-state index in [1.807, 2.05) is 17.8 Å². The van der Waals surface area contributed by atoms with Crippen molar-refractivity contribution in [1.82, 2.24) is 10.6 Å². The minimum Gasteiger partial charge on any atom is -0.508 e. The first kappa shape index (κ1) is 20.2. The van der Waals surface area contributed by atoms with Crippen molar-refractivity contribution in [2.24, 2.45) is 4.99 Å². The molecule has 3 N–H and O–H groups in total. The summed E-state index contributed by atoms with van der Waals surface area (Å²) < 4.78 is 5.19. The standard InChI is InChI=1S/C16H25N3O2S.HI/c1-3-17-16(19-13-5-4-8-22-11-13)18-10-12-9-14(21-2)6-7-15(12)20;/h6-7,9,13,20H,3-5,8,10-11H2,1-2H3,(H2,17,18,19);1H. The number of guanidine groups is 1. The second-order valence-electron chi connectivity index (χ2n) is 5.25. The third-order valence-electron chi connectivity index (χ3n) is 3.54. The maximum atomic E-state index is 9.93. The molecule has 1 aliphatic heterocycles. The van der Waals surface area contributed by atoms with E-state index < -0.39 is 0 Å². The van der Waals surface area contributed by atoms with E-state index in [2.05, 4.69) is 22.5 Å². The summed E-state index contributed by atoms with van der Waals surface area (Å²) >= 11 is 1.98.